The van der Waals surface area contributed by atoms with Crippen LogP contribution in [0.2, 0.25) is 0 Å². The van der Waals surface area contributed by atoms with Crippen LogP contribution in [0.1, 0.15) is 19.0 Å². The first-order valence-corrected chi connectivity index (χ1v) is 7.27. The first kappa shape index (κ1) is 14.6. The molecule has 0 unspecified atom stereocenters. The lowest BCUT2D eigenvalue weighted by Crippen LogP contribution is -2.17. The van der Waals surface area contributed by atoms with Crippen LogP contribution < -0.4 is 10.1 Å². The molecule has 0 spiro atoms. The second-order valence-electron chi connectivity index (χ2n) is 4.76. The molecule has 0 aliphatic carbocycles. The van der Waals surface area contributed by atoms with Crippen LogP contribution >= 0.6 is 0 Å². The van der Waals surface area contributed by atoms with Gasteiger partial charge in [-0.1, -0.05) is 25.1 Å². The number of hydrogen-bond donors (Lipinski definition) is 1. The minimum absolute atomic E-state index is 0.661. The van der Waals surface area contributed by atoms with Gasteiger partial charge in [-0.05, 0) is 25.1 Å². The molecular formula is C16H23N3O. The second-order valence-corrected chi connectivity index (χ2v) is 4.76. The molecule has 2 aromatic rings. The lowest BCUT2D eigenvalue weighted by molar-refractivity contribution is 0.298. The Hall–Kier alpha value is -1.81. The van der Waals surface area contributed by atoms with Gasteiger partial charge in [-0.2, -0.15) is 0 Å². The fourth-order valence-electron chi connectivity index (χ4n) is 1.96. The topological polar surface area (TPSA) is 39.1 Å². The fraction of sp³-hybridized carbons (Fsp3) is 0.438. The normalized spacial score (nSPS) is 10.7. The molecule has 0 saturated heterocycles. The van der Waals surface area contributed by atoms with Gasteiger partial charge < -0.3 is 14.6 Å². The number of benzene rings is 1. The van der Waals surface area contributed by atoms with Gasteiger partial charge in [0.1, 0.15) is 12.4 Å². The van der Waals surface area contributed by atoms with Crippen molar-refractivity contribution in [2.75, 3.05) is 19.7 Å². The second kappa shape index (κ2) is 8.38. The van der Waals surface area contributed by atoms with Crippen molar-refractivity contribution < 1.29 is 4.74 Å². The Morgan fingerprint density at radius 2 is 2.05 bits per heavy atom. The van der Waals surface area contributed by atoms with Gasteiger partial charge in [-0.15, -0.1) is 0 Å². The molecule has 1 heterocycles. The highest BCUT2D eigenvalue weighted by Crippen LogP contribution is 2.08. The zero-order valence-corrected chi connectivity index (χ0v) is 12.1. The highest BCUT2D eigenvalue weighted by atomic mass is 16.5. The van der Waals surface area contributed by atoms with Gasteiger partial charge in [-0.25, -0.2) is 4.98 Å². The van der Waals surface area contributed by atoms with Crippen LogP contribution in [0.4, 0.5) is 0 Å². The predicted octanol–water partition coefficient (Wildman–Crippen LogP) is 2.50. The molecule has 0 aliphatic heterocycles. The minimum atomic E-state index is 0.661. The number of nitrogens with one attached hydrogen (secondary N) is 1. The molecule has 0 saturated carbocycles. The Bertz CT molecular complexity index is 481. The van der Waals surface area contributed by atoms with Gasteiger partial charge in [0.15, 0.2) is 0 Å². The third kappa shape index (κ3) is 5.05. The van der Waals surface area contributed by atoms with Crippen LogP contribution in [0.15, 0.2) is 42.9 Å². The van der Waals surface area contributed by atoms with Gasteiger partial charge >= 0.3 is 0 Å². The maximum absolute atomic E-state index is 5.67. The molecule has 1 N–H and O–H groups in total. The molecule has 20 heavy (non-hydrogen) atoms. The van der Waals surface area contributed by atoms with E-state index >= 15 is 0 Å². The summed E-state index contributed by atoms with van der Waals surface area (Å²) in [5.41, 5.74) is 1.13. The first-order chi connectivity index (χ1) is 9.88. The Labute approximate surface area is 120 Å². The number of rotatable bonds is 9. The summed E-state index contributed by atoms with van der Waals surface area (Å²) < 4.78 is 7.75. The predicted molar refractivity (Wildman–Crippen MR) is 81.0 cm³/mol. The highest BCUT2D eigenvalue weighted by molar-refractivity contribution is 5.20. The number of ether oxygens (including phenoxy) is 1. The summed E-state index contributed by atoms with van der Waals surface area (Å²) in [5.74, 6) is 0.914. The number of imidazole rings is 1. The minimum Gasteiger partial charge on any atom is -0.492 e. The molecule has 2 rings (SSSR count). The molecule has 1 aromatic carbocycles. The molecule has 0 bridgehead atoms. The van der Waals surface area contributed by atoms with Gasteiger partial charge in [-0.3, -0.25) is 0 Å². The zero-order chi connectivity index (χ0) is 14.0. The summed E-state index contributed by atoms with van der Waals surface area (Å²) in [6.07, 6.45) is 6.13. The summed E-state index contributed by atoms with van der Waals surface area (Å²) >= 11 is 0. The van der Waals surface area contributed by atoms with E-state index in [1.807, 2.05) is 36.7 Å². The summed E-state index contributed by atoms with van der Waals surface area (Å²) in [6.45, 7) is 5.73. The molecule has 108 valence electrons. The van der Waals surface area contributed by atoms with Crippen molar-refractivity contribution in [3.63, 3.8) is 0 Å². The average Bonchev–Trinajstić information content (AvgIpc) is 2.93. The van der Waals surface area contributed by atoms with Crippen molar-refractivity contribution in [3.8, 4) is 5.75 Å². The molecular weight excluding hydrogens is 250 g/mol. The molecule has 0 aliphatic rings. The Kier molecular flexibility index (Phi) is 6.11. The van der Waals surface area contributed by atoms with Crippen molar-refractivity contribution >= 4 is 0 Å². The summed E-state index contributed by atoms with van der Waals surface area (Å²) in [5, 5.41) is 3.38. The standard InChI is InChI=1S/C16H23N3O/c1-2-9-17-10-8-15-13-19(14-18-15)11-12-20-16-6-4-3-5-7-16/h3-7,13-14,17H,2,8-12H2,1H3. The third-order valence-corrected chi connectivity index (χ3v) is 3.03. The van der Waals surface area contributed by atoms with E-state index in [4.69, 9.17) is 4.74 Å². The Morgan fingerprint density at radius 3 is 2.85 bits per heavy atom. The zero-order valence-electron chi connectivity index (χ0n) is 12.1. The quantitative estimate of drug-likeness (QED) is 0.714. The van der Waals surface area contributed by atoms with E-state index in [0.29, 0.717) is 6.61 Å². The van der Waals surface area contributed by atoms with Crippen LogP contribution in [0.3, 0.4) is 0 Å². The largest absolute Gasteiger partial charge is 0.492 e. The molecule has 0 amide bonds. The molecule has 0 atom stereocenters. The number of para-hydroxylation sites is 1. The SMILES string of the molecule is CCCNCCc1cn(CCOc2ccccc2)cn1. The molecule has 1 aromatic heterocycles. The van der Waals surface area contributed by atoms with E-state index in [1.165, 1.54) is 6.42 Å². The van der Waals surface area contributed by atoms with E-state index in [0.717, 1.165) is 37.5 Å². The number of aromatic nitrogens is 2. The number of nitrogens with zero attached hydrogens (tertiary/aromatic N) is 2. The fourth-order valence-corrected chi connectivity index (χ4v) is 1.96. The van der Waals surface area contributed by atoms with Crippen molar-refractivity contribution in [3.05, 3.63) is 48.5 Å². The van der Waals surface area contributed by atoms with Crippen LogP contribution in [-0.2, 0) is 13.0 Å². The van der Waals surface area contributed by atoms with E-state index < -0.39 is 0 Å². The van der Waals surface area contributed by atoms with Crippen LogP contribution in [0.5, 0.6) is 5.75 Å². The van der Waals surface area contributed by atoms with Crippen LogP contribution in [0, 0.1) is 0 Å². The average molecular weight is 273 g/mol. The Balaban J connectivity index is 1.67. The van der Waals surface area contributed by atoms with E-state index in [1.54, 1.807) is 0 Å². The first-order valence-electron chi connectivity index (χ1n) is 7.27. The molecule has 4 heteroatoms. The molecule has 0 fully saturated rings. The van der Waals surface area contributed by atoms with E-state index in [-0.39, 0.29) is 0 Å². The highest BCUT2D eigenvalue weighted by Gasteiger charge is 1.99. The van der Waals surface area contributed by atoms with Gasteiger partial charge in [0.2, 0.25) is 0 Å². The van der Waals surface area contributed by atoms with Crippen molar-refractivity contribution in [1.82, 2.24) is 14.9 Å². The van der Waals surface area contributed by atoms with Gasteiger partial charge in [0.05, 0.1) is 18.6 Å². The van der Waals surface area contributed by atoms with Crippen molar-refractivity contribution in [1.29, 1.82) is 0 Å². The van der Waals surface area contributed by atoms with Gasteiger partial charge in [0.25, 0.3) is 0 Å². The third-order valence-electron chi connectivity index (χ3n) is 3.03. The number of hydrogen-bond acceptors (Lipinski definition) is 3. The lowest BCUT2D eigenvalue weighted by atomic mass is 10.3. The molecule has 0 radical (unpaired) electrons. The van der Waals surface area contributed by atoms with Crippen LogP contribution in [0.25, 0.3) is 0 Å². The van der Waals surface area contributed by atoms with Crippen LogP contribution in [-0.4, -0.2) is 29.2 Å². The molecule has 4 nitrogen and oxygen atoms in total. The summed E-state index contributed by atoms with van der Waals surface area (Å²) in [7, 11) is 0. The maximum atomic E-state index is 5.67. The maximum Gasteiger partial charge on any atom is 0.119 e. The Morgan fingerprint density at radius 1 is 1.20 bits per heavy atom. The van der Waals surface area contributed by atoms with Crippen molar-refractivity contribution in [2.45, 2.75) is 26.3 Å². The summed E-state index contributed by atoms with van der Waals surface area (Å²) in [6, 6.07) is 9.89. The lowest BCUT2D eigenvalue weighted by Gasteiger charge is -2.06. The van der Waals surface area contributed by atoms with Gasteiger partial charge in [0, 0.05) is 19.2 Å². The van der Waals surface area contributed by atoms with E-state index in [2.05, 4.69) is 28.0 Å². The smallest absolute Gasteiger partial charge is 0.119 e. The van der Waals surface area contributed by atoms with E-state index in [9.17, 15) is 0 Å². The van der Waals surface area contributed by atoms with Crippen molar-refractivity contribution in [2.24, 2.45) is 0 Å². The summed E-state index contributed by atoms with van der Waals surface area (Å²) in [4.78, 5) is 4.41. The monoisotopic (exact) mass is 273 g/mol.